The highest BCUT2D eigenvalue weighted by atomic mass is 16.3. The maximum Gasteiger partial charge on any atom is 0.274 e. The molecule has 0 aliphatic heterocycles. The van der Waals surface area contributed by atoms with Crippen molar-refractivity contribution >= 4 is 5.91 Å². The van der Waals surface area contributed by atoms with Crippen molar-refractivity contribution in [2.24, 2.45) is 5.92 Å². The molecule has 1 fully saturated rings. The molecule has 3 rings (SSSR count). The molecule has 104 valence electrons. The molecule has 1 aliphatic rings. The minimum atomic E-state index is -0.296. The smallest absolute Gasteiger partial charge is 0.274 e. The van der Waals surface area contributed by atoms with Crippen molar-refractivity contribution in [3.63, 3.8) is 0 Å². The molecule has 0 bridgehead atoms. The van der Waals surface area contributed by atoms with Gasteiger partial charge in [-0.15, -0.1) is 0 Å². The summed E-state index contributed by atoms with van der Waals surface area (Å²) in [7, 11) is 0. The number of H-pyrrole nitrogens is 1. The van der Waals surface area contributed by atoms with Crippen LogP contribution in [0, 0.1) is 5.92 Å². The van der Waals surface area contributed by atoms with Crippen molar-refractivity contribution in [2.45, 2.75) is 25.0 Å². The van der Waals surface area contributed by atoms with Gasteiger partial charge in [0.1, 0.15) is 0 Å². The largest absolute Gasteiger partial charge is 0.393 e. The summed E-state index contributed by atoms with van der Waals surface area (Å²) in [6, 6.07) is 5.37. The third-order valence-corrected chi connectivity index (χ3v) is 3.56. The van der Waals surface area contributed by atoms with E-state index in [2.05, 4.69) is 25.7 Å². The van der Waals surface area contributed by atoms with E-state index in [1.165, 1.54) is 6.20 Å². The summed E-state index contributed by atoms with van der Waals surface area (Å²) in [5.74, 6) is -0.105. The molecule has 1 atom stereocenters. The van der Waals surface area contributed by atoms with Gasteiger partial charge in [-0.05, 0) is 30.9 Å². The third-order valence-electron chi connectivity index (χ3n) is 3.56. The number of hydrogen-bond acceptors (Lipinski definition) is 5. The second-order valence-corrected chi connectivity index (χ2v) is 4.95. The Morgan fingerprint density at radius 2 is 2.30 bits per heavy atom. The maximum absolute atomic E-state index is 12.1. The second kappa shape index (κ2) is 5.38. The number of nitrogens with zero attached hydrogens (tertiary/aromatic N) is 3. The molecule has 20 heavy (non-hydrogen) atoms. The van der Waals surface area contributed by atoms with Crippen LogP contribution in [-0.2, 0) is 0 Å². The normalized spacial score (nSPS) is 22.9. The van der Waals surface area contributed by atoms with Crippen molar-refractivity contribution in [1.29, 1.82) is 0 Å². The zero-order valence-corrected chi connectivity index (χ0v) is 10.7. The maximum atomic E-state index is 12.1. The van der Waals surface area contributed by atoms with Crippen LogP contribution < -0.4 is 5.32 Å². The zero-order valence-electron chi connectivity index (χ0n) is 10.7. The molecule has 0 aromatic carbocycles. The van der Waals surface area contributed by atoms with Gasteiger partial charge in [0.15, 0.2) is 5.69 Å². The van der Waals surface area contributed by atoms with E-state index in [0.29, 0.717) is 12.8 Å². The van der Waals surface area contributed by atoms with Crippen molar-refractivity contribution < 1.29 is 9.90 Å². The number of carbonyl (C=O) groups excluding carboxylic acids is 1. The van der Waals surface area contributed by atoms with E-state index in [-0.39, 0.29) is 29.7 Å². The Morgan fingerprint density at radius 3 is 2.90 bits per heavy atom. The first kappa shape index (κ1) is 12.7. The lowest BCUT2D eigenvalue weighted by Crippen LogP contribution is -2.41. The first-order valence-electron chi connectivity index (χ1n) is 6.49. The lowest BCUT2D eigenvalue weighted by atomic mass is 9.76. The molecule has 7 heteroatoms. The molecule has 2 aromatic heterocycles. The molecule has 3 N–H and O–H groups in total. The summed E-state index contributed by atoms with van der Waals surface area (Å²) >= 11 is 0. The highest BCUT2D eigenvalue weighted by Crippen LogP contribution is 2.37. The minimum Gasteiger partial charge on any atom is -0.393 e. The SMILES string of the molecule is O=C(N[C@@H](c1ccccn1)C1CC(O)C1)c1cn[nH]n1. The van der Waals surface area contributed by atoms with Crippen LogP contribution in [0.5, 0.6) is 0 Å². The number of amides is 1. The summed E-state index contributed by atoms with van der Waals surface area (Å²) in [6.07, 6.45) is 4.12. The van der Waals surface area contributed by atoms with Crippen LogP contribution in [0.3, 0.4) is 0 Å². The summed E-state index contributed by atoms with van der Waals surface area (Å²) in [5.41, 5.74) is 1.03. The van der Waals surface area contributed by atoms with Gasteiger partial charge in [-0.1, -0.05) is 6.07 Å². The third kappa shape index (κ3) is 2.53. The van der Waals surface area contributed by atoms with Gasteiger partial charge in [-0.2, -0.15) is 15.4 Å². The molecule has 1 amide bonds. The molecule has 0 spiro atoms. The fourth-order valence-corrected chi connectivity index (χ4v) is 2.42. The molecule has 0 radical (unpaired) electrons. The summed E-state index contributed by atoms with van der Waals surface area (Å²) < 4.78 is 0. The Bertz CT molecular complexity index is 566. The van der Waals surface area contributed by atoms with E-state index in [1.54, 1.807) is 6.20 Å². The highest BCUT2D eigenvalue weighted by Gasteiger charge is 2.36. The number of rotatable bonds is 4. The topological polar surface area (TPSA) is 104 Å². The fraction of sp³-hybridized carbons (Fsp3) is 0.385. The van der Waals surface area contributed by atoms with Gasteiger partial charge in [0.25, 0.3) is 5.91 Å². The Labute approximate surface area is 115 Å². The lowest BCUT2D eigenvalue weighted by molar-refractivity contribution is 0.0227. The first-order chi connectivity index (χ1) is 9.74. The molecule has 0 unspecified atom stereocenters. The number of aromatic amines is 1. The highest BCUT2D eigenvalue weighted by molar-refractivity contribution is 5.92. The van der Waals surface area contributed by atoms with E-state index >= 15 is 0 Å². The van der Waals surface area contributed by atoms with Crippen LogP contribution in [0.2, 0.25) is 0 Å². The van der Waals surface area contributed by atoms with E-state index in [9.17, 15) is 9.90 Å². The van der Waals surface area contributed by atoms with Crippen LogP contribution in [0.1, 0.15) is 35.1 Å². The van der Waals surface area contributed by atoms with Gasteiger partial charge in [0.05, 0.1) is 24.0 Å². The second-order valence-electron chi connectivity index (χ2n) is 4.95. The molecule has 1 saturated carbocycles. The molecule has 7 nitrogen and oxygen atoms in total. The Kier molecular flexibility index (Phi) is 3.42. The van der Waals surface area contributed by atoms with Crippen molar-refractivity contribution in [2.75, 3.05) is 0 Å². The van der Waals surface area contributed by atoms with Gasteiger partial charge in [-0.25, -0.2) is 0 Å². The number of nitrogens with one attached hydrogen (secondary N) is 2. The van der Waals surface area contributed by atoms with Crippen LogP contribution in [0.25, 0.3) is 0 Å². The fourth-order valence-electron chi connectivity index (χ4n) is 2.42. The number of pyridine rings is 1. The minimum absolute atomic E-state index is 0.191. The van der Waals surface area contributed by atoms with Gasteiger partial charge in [0, 0.05) is 6.20 Å². The molecule has 2 aromatic rings. The van der Waals surface area contributed by atoms with Gasteiger partial charge in [0.2, 0.25) is 0 Å². The van der Waals surface area contributed by atoms with Gasteiger partial charge >= 0.3 is 0 Å². The average molecular weight is 273 g/mol. The Morgan fingerprint density at radius 1 is 1.45 bits per heavy atom. The molecule has 1 aliphatic carbocycles. The number of aliphatic hydroxyl groups is 1. The van der Waals surface area contributed by atoms with Crippen LogP contribution in [-0.4, -0.2) is 37.5 Å². The van der Waals surface area contributed by atoms with E-state index < -0.39 is 0 Å². The molecule has 2 heterocycles. The standard InChI is InChI=1S/C13H15N5O2/c19-9-5-8(6-9)12(10-3-1-2-4-14-10)16-13(20)11-7-15-18-17-11/h1-4,7-9,12,19H,5-6H2,(H,16,20)(H,15,17,18)/t8?,9?,12-/m1/s1. The number of aliphatic hydroxyl groups excluding tert-OH is 1. The lowest BCUT2D eigenvalue weighted by Gasteiger charge is -2.37. The molecule has 0 saturated heterocycles. The number of hydrogen-bond donors (Lipinski definition) is 3. The van der Waals surface area contributed by atoms with Crippen molar-refractivity contribution in [3.05, 3.63) is 42.0 Å². The van der Waals surface area contributed by atoms with Gasteiger partial charge in [-0.3, -0.25) is 9.78 Å². The summed E-state index contributed by atoms with van der Waals surface area (Å²) in [6.45, 7) is 0. The quantitative estimate of drug-likeness (QED) is 0.750. The summed E-state index contributed by atoms with van der Waals surface area (Å²) in [5, 5.41) is 22.2. The van der Waals surface area contributed by atoms with Crippen LogP contribution in [0.15, 0.2) is 30.6 Å². The molecular formula is C13H15N5O2. The first-order valence-corrected chi connectivity index (χ1v) is 6.49. The number of carbonyl (C=O) groups is 1. The average Bonchev–Trinajstić information content (AvgIpc) is 2.97. The van der Waals surface area contributed by atoms with Crippen molar-refractivity contribution in [1.82, 2.24) is 25.7 Å². The van der Waals surface area contributed by atoms with Crippen LogP contribution >= 0.6 is 0 Å². The summed E-state index contributed by atoms with van der Waals surface area (Å²) in [4.78, 5) is 16.4. The monoisotopic (exact) mass is 273 g/mol. The Balaban J connectivity index is 1.78. The zero-order chi connectivity index (χ0) is 13.9. The van der Waals surface area contributed by atoms with Crippen molar-refractivity contribution in [3.8, 4) is 0 Å². The Hall–Kier alpha value is -2.28. The predicted molar refractivity (Wildman–Crippen MR) is 69.6 cm³/mol. The van der Waals surface area contributed by atoms with E-state index in [4.69, 9.17) is 0 Å². The van der Waals surface area contributed by atoms with Gasteiger partial charge < -0.3 is 10.4 Å². The van der Waals surface area contributed by atoms with E-state index in [0.717, 1.165) is 5.69 Å². The van der Waals surface area contributed by atoms with Crippen LogP contribution in [0.4, 0.5) is 0 Å². The molecular weight excluding hydrogens is 258 g/mol. The van der Waals surface area contributed by atoms with E-state index in [1.807, 2.05) is 18.2 Å². The predicted octanol–water partition coefficient (Wildman–Crippen LogP) is 0.442. The number of aromatic nitrogens is 4.